The van der Waals surface area contributed by atoms with Crippen molar-refractivity contribution in [1.29, 1.82) is 0 Å². The monoisotopic (exact) mass is 273 g/mol. The van der Waals surface area contributed by atoms with Gasteiger partial charge in [0.1, 0.15) is 0 Å². The van der Waals surface area contributed by atoms with Crippen molar-refractivity contribution in [2.24, 2.45) is 0 Å². The van der Waals surface area contributed by atoms with Gasteiger partial charge in [0.25, 0.3) is 0 Å². The third-order valence-electron chi connectivity index (χ3n) is 2.65. The average molecular weight is 273 g/mol. The second-order valence-electron chi connectivity index (χ2n) is 4.84. The van der Waals surface area contributed by atoms with Crippen molar-refractivity contribution in [2.75, 3.05) is 17.7 Å². The van der Waals surface area contributed by atoms with Gasteiger partial charge in [-0.05, 0) is 38.5 Å². The van der Waals surface area contributed by atoms with E-state index in [1.807, 2.05) is 57.0 Å². The van der Waals surface area contributed by atoms with Crippen molar-refractivity contribution in [3.05, 3.63) is 29.8 Å². The number of rotatable bonds is 4. The fraction of sp³-hybridized carbons (Fsp3) is 0.357. The molecule has 0 saturated carbocycles. The summed E-state index contributed by atoms with van der Waals surface area (Å²) in [5.74, 6) is 0.601. The Morgan fingerprint density at radius 1 is 1.20 bits per heavy atom. The van der Waals surface area contributed by atoms with Crippen LogP contribution >= 0.6 is 0 Å². The quantitative estimate of drug-likeness (QED) is 0.921. The van der Waals surface area contributed by atoms with Crippen molar-refractivity contribution < 1.29 is 4.74 Å². The lowest BCUT2D eigenvalue weighted by Gasteiger charge is -2.18. The fourth-order valence-corrected chi connectivity index (χ4v) is 1.73. The highest BCUT2D eigenvalue weighted by Crippen LogP contribution is 2.22. The standard InChI is InChI=1S/C14H19N5O/c1-9(2)20-14-17-12(15)16-13(18-14)19(4)11-7-5-6-10(3)8-11/h5-9H,1-4H3,(H2,15,16,17,18). The third-order valence-corrected chi connectivity index (χ3v) is 2.65. The fourth-order valence-electron chi connectivity index (χ4n) is 1.73. The van der Waals surface area contributed by atoms with E-state index in [0.717, 1.165) is 11.3 Å². The molecule has 0 amide bonds. The van der Waals surface area contributed by atoms with E-state index in [4.69, 9.17) is 10.5 Å². The zero-order valence-corrected chi connectivity index (χ0v) is 12.2. The third kappa shape index (κ3) is 3.34. The Hall–Kier alpha value is -2.37. The molecule has 1 aromatic carbocycles. The molecule has 0 radical (unpaired) electrons. The number of nitrogen functional groups attached to an aromatic ring is 1. The average Bonchev–Trinajstić information content (AvgIpc) is 2.36. The maximum Gasteiger partial charge on any atom is 0.323 e. The van der Waals surface area contributed by atoms with Gasteiger partial charge in [0.05, 0.1) is 6.10 Å². The van der Waals surface area contributed by atoms with Crippen LogP contribution in [-0.2, 0) is 0 Å². The lowest BCUT2D eigenvalue weighted by molar-refractivity contribution is 0.222. The van der Waals surface area contributed by atoms with Crippen LogP contribution < -0.4 is 15.4 Å². The Kier molecular flexibility index (Phi) is 4.02. The molecule has 6 heteroatoms. The molecule has 0 aliphatic carbocycles. The number of hydrogen-bond acceptors (Lipinski definition) is 6. The zero-order valence-electron chi connectivity index (χ0n) is 12.2. The van der Waals surface area contributed by atoms with Crippen molar-refractivity contribution in [3.8, 4) is 6.01 Å². The lowest BCUT2D eigenvalue weighted by Crippen LogP contribution is -2.17. The Balaban J connectivity index is 2.34. The van der Waals surface area contributed by atoms with Gasteiger partial charge in [-0.1, -0.05) is 12.1 Å². The number of benzene rings is 1. The highest BCUT2D eigenvalue weighted by atomic mass is 16.5. The predicted octanol–water partition coefficient (Wildman–Crippen LogP) is 2.32. The second kappa shape index (κ2) is 5.73. The number of anilines is 3. The first-order valence-electron chi connectivity index (χ1n) is 6.44. The van der Waals surface area contributed by atoms with E-state index in [2.05, 4.69) is 15.0 Å². The van der Waals surface area contributed by atoms with Crippen molar-refractivity contribution in [1.82, 2.24) is 15.0 Å². The van der Waals surface area contributed by atoms with Crippen LogP contribution in [0.2, 0.25) is 0 Å². The van der Waals surface area contributed by atoms with Gasteiger partial charge in [0, 0.05) is 12.7 Å². The normalized spacial score (nSPS) is 10.7. The Morgan fingerprint density at radius 2 is 1.95 bits per heavy atom. The summed E-state index contributed by atoms with van der Waals surface area (Å²) in [6.45, 7) is 5.85. The maximum absolute atomic E-state index is 5.71. The SMILES string of the molecule is Cc1cccc(N(C)c2nc(N)nc(OC(C)C)n2)c1. The molecular weight excluding hydrogens is 254 g/mol. The van der Waals surface area contributed by atoms with Crippen LogP contribution in [0.5, 0.6) is 6.01 Å². The highest BCUT2D eigenvalue weighted by molar-refractivity contribution is 5.57. The Bertz CT molecular complexity index is 600. The summed E-state index contributed by atoms with van der Waals surface area (Å²) in [7, 11) is 1.88. The molecule has 1 heterocycles. The van der Waals surface area contributed by atoms with Gasteiger partial charge in [-0.2, -0.15) is 15.0 Å². The number of aryl methyl sites for hydroxylation is 1. The van der Waals surface area contributed by atoms with Gasteiger partial charge in [-0.15, -0.1) is 0 Å². The number of ether oxygens (including phenoxy) is 1. The molecule has 1 aromatic heterocycles. The molecule has 0 fully saturated rings. The van der Waals surface area contributed by atoms with Crippen LogP contribution in [0.1, 0.15) is 19.4 Å². The molecule has 2 rings (SSSR count). The molecule has 0 aliphatic heterocycles. The van der Waals surface area contributed by atoms with Crippen LogP contribution in [0.25, 0.3) is 0 Å². The maximum atomic E-state index is 5.71. The predicted molar refractivity (Wildman–Crippen MR) is 79.2 cm³/mol. The number of hydrogen-bond donors (Lipinski definition) is 1. The van der Waals surface area contributed by atoms with Crippen LogP contribution in [0, 0.1) is 6.92 Å². The largest absolute Gasteiger partial charge is 0.461 e. The molecule has 0 atom stereocenters. The van der Waals surface area contributed by atoms with Gasteiger partial charge < -0.3 is 15.4 Å². The molecule has 20 heavy (non-hydrogen) atoms. The molecule has 6 nitrogen and oxygen atoms in total. The minimum Gasteiger partial charge on any atom is -0.461 e. The van der Waals surface area contributed by atoms with E-state index < -0.39 is 0 Å². The van der Waals surface area contributed by atoms with Crippen molar-refractivity contribution in [2.45, 2.75) is 26.9 Å². The van der Waals surface area contributed by atoms with E-state index in [0.29, 0.717) is 5.95 Å². The summed E-state index contributed by atoms with van der Waals surface area (Å²) in [5, 5.41) is 0. The van der Waals surface area contributed by atoms with E-state index in [1.54, 1.807) is 0 Å². The highest BCUT2D eigenvalue weighted by Gasteiger charge is 2.12. The molecule has 106 valence electrons. The summed E-state index contributed by atoms with van der Waals surface area (Å²) in [6, 6.07) is 8.28. The molecule has 0 saturated heterocycles. The van der Waals surface area contributed by atoms with Crippen molar-refractivity contribution >= 4 is 17.6 Å². The van der Waals surface area contributed by atoms with Gasteiger partial charge in [-0.25, -0.2) is 0 Å². The number of aromatic nitrogens is 3. The minimum atomic E-state index is -0.0195. The number of nitrogens with zero attached hydrogens (tertiary/aromatic N) is 4. The summed E-state index contributed by atoms with van der Waals surface area (Å²) >= 11 is 0. The van der Waals surface area contributed by atoms with Gasteiger partial charge in [0.2, 0.25) is 11.9 Å². The van der Waals surface area contributed by atoms with Crippen LogP contribution in [0.3, 0.4) is 0 Å². The Morgan fingerprint density at radius 3 is 2.60 bits per heavy atom. The Labute approximate surface area is 118 Å². The molecule has 0 aliphatic rings. The summed E-state index contributed by atoms with van der Waals surface area (Å²) < 4.78 is 5.48. The molecule has 2 aromatic rings. The van der Waals surface area contributed by atoms with Crippen LogP contribution in [0.15, 0.2) is 24.3 Å². The molecular formula is C14H19N5O. The van der Waals surface area contributed by atoms with E-state index in [1.165, 1.54) is 0 Å². The summed E-state index contributed by atoms with van der Waals surface area (Å²) in [5.41, 5.74) is 7.85. The van der Waals surface area contributed by atoms with E-state index >= 15 is 0 Å². The van der Waals surface area contributed by atoms with E-state index in [9.17, 15) is 0 Å². The van der Waals surface area contributed by atoms with Gasteiger partial charge in [-0.3, -0.25) is 0 Å². The first-order valence-corrected chi connectivity index (χ1v) is 6.44. The molecule has 0 spiro atoms. The number of nitrogens with two attached hydrogens (primary N) is 1. The minimum absolute atomic E-state index is 0.0195. The second-order valence-corrected chi connectivity index (χ2v) is 4.84. The lowest BCUT2D eigenvalue weighted by atomic mass is 10.2. The van der Waals surface area contributed by atoms with Crippen molar-refractivity contribution in [3.63, 3.8) is 0 Å². The first kappa shape index (κ1) is 14.0. The summed E-state index contributed by atoms with van der Waals surface area (Å²) in [4.78, 5) is 14.2. The zero-order chi connectivity index (χ0) is 14.7. The molecule has 2 N–H and O–H groups in total. The topological polar surface area (TPSA) is 77.2 Å². The summed E-state index contributed by atoms with van der Waals surface area (Å²) in [6.07, 6.45) is -0.0195. The van der Waals surface area contributed by atoms with Crippen LogP contribution in [-0.4, -0.2) is 28.1 Å². The van der Waals surface area contributed by atoms with Crippen LogP contribution in [0.4, 0.5) is 17.6 Å². The molecule has 0 bridgehead atoms. The molecule has 0 unspecified atom stereocenters. The van der Waals surface area contributed by atoms with Gasteiger partial charge >= 0.3 is 6.01 Å². The van der Waals surface area contributed by atoms with E-state index in [-0.39, 0.29) is 18.1 Å². The van der Waals surface area contributed by atoms with Gasteiger partial charge in [0.15, 0.2) is 0 Å². The smallest absolute Gasteiger partial charge is 0.323 e. The first-order chi connectivity index (χ1) is 9.45.